The minimum absolute atomic E-state index is 0.00109. The monoisotopic (exact) mass is 368 g/mol. The van der Waals surface area contributed by atoms with E-state index in [-0.39, 0.29) is 11.5 Å². The van der Waals surface area contributed by atoms with Gasteiger partial charge >= 0.3 is 0 Å². The summed E-state index contributed by atoms with van der Waals surface area (Å²) in [6.45, 7) is 2.46. The van der Waals surface area contributed by atoms with Gasteiger partial charge in [0.1, 0.15) is 0 Å². The van der Waals surface area contributed by atoms with Crippen molar-refractivity contribution in [1.82, 2.24) is 9.80 Å². The molecule has 3 aliphatic heterocycles. The van der Waals surface area contributed by atoms with Crippen molar-refractivity contribution in [3.63, 3.8) is 0 Å². The highest BCUT2D eigenvalue weighted by molar-refractivity contribution is 6.35. The Balaban J connectivity index is 1.56. The van der Waals surface area contributed by atoms with Gasteiger partial charge in [-0.1, -0.05) is 23.2 Å². The van der Waals surface area contributed by atoms with Gasteiger partial charge in [0, 0.05) is 40.5 Å². The van der Waals surface area contributed by atoms with Crippen molar-refractivity contribution in [3.8, 4) is 0 Å². The summed E-state index contributed by atoms with van der Waals surface area (Å²) < 4.78 is 6.39. The first-order valence-electron chi connectivity index (χ1n) is 8.46. The summed E-state index contributed by atoms with van der Waals surface area (Å²) in [5.74, 6) is 0.936. The van der Waals surface area contributed by atoms with E-state index < -0.39 is 0 Å². The number of ether oxygens (including phenoxy) is 1. The van der Waals surface area contributed by atoms with Gasteiger partial charge in [-0.3, -0.25) is 4.79 Å². The fraction of sp³-hybridized carbons (Fsp3) is 0.611. The summed E-state index contributed by atoms with van der Waals surface area (Å²) in [6, 6.07) is 5.03. The zero-order valence-electron chi connectivity index (χ0n) is 14.0. The molecule has 0 aliphatic carbocycles. The number of rotatable bonds is 3. The molecule has 0 radical (unpaired) electrons. The Labute approximate surface area is 152 Å². The SMILES string of the molecule is CN(C)C[C@H]1[C@H]2CN(C(=O)c3cc(Cl)cc(Cl)c3)C[C@]23CC[C@H]1O3. The first-order chi connectivity index (χ1) is 11.4. The number of halogens is 2. The van der Waals surface area contributed by atoms with Crippen LogP contribution < -0.4 is 0 Å². The van der Waals surface area contributed by atoms with Crippen molar-refractivity contribution >= 4 is 29.1 Å². The lowest BCUT2D eigenvalue weighted by molar-refractivity contribution is 0.00256. The average molecular weight is 369 g/mol. The van der Waals surface area contributed by atoms with Crippen LogP contribution in [0.5, 0.6) is 0 Å². The molecule has 4 atom stereocenters. The van der Waals surface area contributed by atoms with E-state index in [0.717, 1.165) is 25.9 Å². The van der Waals surface area contributed by atoms with E-state index in [1.807, 2.05) is 4.90 Å². The molecule has 1 amide bonds. The quantitative estimate of drug-likeness (QED) is 0.821. The zero-order chi connectivity index (χ0) is 17.1. The molecule has 0 aromatic heterocycles. The molecule has 0 saturated carbocycles. The predicted octanol–water partition coefficient (Wildman–Crippen LogP) is 3.17. The van der Waals surface area contributed by atoms with Crippen molar-refractivity contribution < 1.29 is 9.53 Å². The van der Waals surface area contributed by atoms with E-state index in [1.54, 1.807) is 18.2 Å². The van der Waals surface area contributed by atoms with Crippen molar-refractivity contribution in [3.05, 3.63) is 33.8 Å². The van der Waals surface area contributed by atoms with Gasteiger partial charge < -0.3 is 14.5 Å². The van der Waals surface area contributed by atoms with Crippen LogP contribution in [0.1, 0.15) is 23.2 Å². The maximum Gasteiger partial charge on any atom is 0.254 e. The third-order valence-corrected chi connectivity index (χ3v) is 6.19. The molecule has 4 rings (SSSR count). The van der Waals surface area contributed by atoms with Crippen molar-refractivity contribution in [1.29, 1.82) is 0 Å². The molecule has 0 unspecified atom stereocenters. The Bertz CT molecular complexity index is 661. The molecule has 3 aliphatic rings. The number of benzene rings is 1. The van der Waals surface area contributed by atoms with Crippen LogP contribution in [0.3, 0.4) is 0 Å². The number of fused-ring (bicyclic) bond motifs is 1. The largest absolute Gasteiger partial charge is 0.369 e. The molecule has 3 saturated heterocycles. The number of hydrogen-bond acceptors (Lipinski definition) is 3. The van der Waals surface area contributed by atoms with Gasteiger partial charge in [-0.2, -0.15) is 0 Å². The molecular weight excluding hydrogens is 347 g/mol. The van der Waals surface area contributed by atoms with Gasteiger partial charge in [0.25, 0.3) is 5.91 Å². The molecule has 3 heterocycles. The van der Waals surface area contributed by atoms with Gasteiger partial charge in [0.15, 0.2) is 0 Å². The van der Waals surface area contributed by atoms with Crippen LogP contribution >= 0.6 is 23.2 Å². The zero-order valence-corrected chi connectivity index (χ0v) is 15.5. The molecular formula is C18H22Cl2N2O2. The lowest BCUT2D eigenvalue weighted by Gasteiger charge is -2.30. The van der Waals surface area contributed by atoms with Gasteiger partial charge in [0.2, 0.25) is 0 Å². The Kier molecular flexibility index (Phi) is 4.07. The number of amides is 1. The maximum absolute atomic E-state index is 12.9. The second-order valence-corrected chi connectivity index (χ2v) is 8.51. The molecule has 4 nitrogen and oxygen atoms in total. The fourth-order valence-electron chi connectivity index (χ4n) is 4.87. The number of nitrogens with zero attached hydrogens (tertiary/aromatic N) is 2. The van der Waals surface area contributed by atoms with Gasteiger partial charge in [-0.25, -0.2) is 0 Å². The van der Waals surface area contributed by atoms with Crippen LogP contribution in [0.4, 0.5) is 0 Å². The van der Waals surface area contributed by atoms with E-state index in [9.17, 15) is 4.79 Å². The highest BCUT2D eigenvalue weighted by atomic mass is 35.5. The topological polar surface area (TPSA) is 32.8 Å². The summed E-state index contributed by atoms with van der Waals surface area (Å²) >= 11 is 12.1. The van der Waals surface area contributed by atoms with Gasteiger partial charge in [0.05, 0.1) is 18.2 Å². The van der Waals surface area contributed by atoms with Crippen LogP contribution in [-0.4, -0.2) is 61.1 Å². The highest BCUT2D eigenvalue weighted by Gasteiger charge is 2.63. The molecule has 0 N–H and O–H groups in total. The molecule has 2 bridgehead atoms. The molecule has 6 heteroatoms. The van der Waals surface area contributed by atoms with Crippen LogP contribution in [0.15, 0.2) is 18.2 Å². The Hall–Kier alpha value is -0.810. The van der Waals surface area contributed by atoms with Crippen LogP contribution in [0, 0.1) is 11.8 Å². The van der Waals surface area contributed by atoms with Crippen molar-refractivity contribution in [2.24, 2.45) is 11.8 Å². The number of carbonyl (C=O) groups is 1. The standard InChI is InChI=1S/C18H22Cl2N2O2/c1-21(2)8-14-15-9-22(10-18(15)4-3-16(14)24-18)17(23)11-5-12(19)7-13(20)6-11/h5-7,14-16H,3-4,8-10H2,1-2H3/t14-,15+,16+,18+/m0/s1. The molecule has 130 valence electrons. The van der Waals surface area contributed by atoms with Crippen LogP contribution in [0.25, 0.3) is 0 Å². The summed E-state index contributed by atoms with van der Waals surface area (Å²) in [6.07, 6.45) is 2.53. The highest BCUT2D eigenvalue weighted by Crippen LogP contribution is 2.55. The second-order valence-electron chi connectivity index (χ2n) is 7.64. The average Bonchev–Trinajstić information content (AvgIpc) is 3.14. The maximum atomic E-state index is 12.9. The molecule has 1 spiro atoms. The summed E-state index contributed by atoms with van der Waals surface area (Å²) in [5.41, 5.74) is 0.422. The Morgan fingerprint density at radius 2 is 2.04 bits per heavy atom. The normalized spacial score (nSPS) is 34.2. The number of carbonyl (C=O) groups excluding carboxylic acids is 1. The van der Waals surface area contributed by atoms with Gasteiger partial charge in [-0.05, 0) is 45.1 Å². The minimum atomic E-state index is -0.136. The summed E-state index contributed by atoms with van der Waals surface area (Å²) in [5, 5.41) is 0.983. The summed E-state index contributed by atoms with van der Waals surface area (Å²) in [7, 11) is 4.20. The van der Waals surface area contributed by atoms with E-state index in [2.05, 4.69) is 19.0 Å². The van der Waals surface area contributed by atoms with Crippen molar-refractivity contribution in [2.75, 3.05) is 33.7 Å². The molecule has 24 heavy (non-hydrogen) atoms. The first-order valence-corrected chi connectivity index (χ1v) is 9.21. The van der Waals surface area contributed by atoms with E-state index in [0.29, 0.717) is 40.1 Å². The van der Waals surface area contributed by atoms with E-state index in [4.69, 9.17) is 27.9 Å². The lowest BCUT2D eigenvalue weighted by atomic mass is 9.73. The number of likely N-dealkylation sites (tertiary alicyclic amines) is 1. The van der Waals surface area contributed by atoms with Gasteiger partial charge in [-0.15, -0.1) is 0 Å². The first kappa shape index (κ1) is 16.6. The lowest BCUT2D eigenvalue weighted by Crippen LogP contribution is -2.40. The van der Waals surface area contributed by atoms with E-state index >= 15 is 0 Å². The Morgan fingerprint density at radius 3 is 2.71 bits per heavy atom. The molecule has 3 fully saturated rings. The number of hydrogen-bond donors (Lipinski definition) is 0. The third kappa shape index (κ3) is 2.64. The fourth-order valence-corrected chi connectivity index (χ4v) is 5.40. The van der Waals surface area contributed by atoms with E-state index in [1.165, 1.54) is 0 Å². The summed E-state index contributed by atoms with van der Waals surface area (Å²) in [4.78, 5) is 17.1. The smallest absolute Gasteiger partial charge is 0.254 e. The molecule has 1 aromatic carbocycles. The predicted molar refractivity (Wildman–Crippen MR) is 94.7 cm³/mol. The van der Waals surface area contributed by atoms with Crippen LogP contribution in [0.2, 0.25) is 10.0 Å². The second kappa shape index (κ2) is 5.87. The minimum Gasteiger partial charge on any atom is -0.369 e. The molecule has 1 aromatic rings. The van der Waals surface area contributed by atoms with Crippen LogP contribution in [-0.2, 0) is 4.74 Å². The van der Waals surface area contributed by atoms with Crippen molar-refractivity contribution in [2.45, 2.75) is 24.5 Å². The Morgan fingerprint density at radius 1 is 1.33 bits per heavy atom. The third-order valence-electron chi connectivity index (χ3n) is 5.76.